The van der Waals surface area contributed by atoms with Crippen molar-refractivity contribution in [2.45, 2.75) is 6.54 Å². The van der Waals surface area contributed by atoms with Crippen LogP contribution in [0, 0.1) is 0 Å². The molecule has 3 aromatic heterocycles. The number of rotatable bonds is 6. The van der Waals surface area contributed by atoms with Crippen LogP contribution in [-0.4, -0.2) is 31.8 Å². The first-order valence-corrected chi connectivity index (χ1v) is 9.90. The second kappa shape index (κ2) is 8.23. The molecule has 0 saturated carbocycles. The van der Waals surface area contributed by atoms with E-state index in [-0.39, 0.29) is 0 Å². The van der Waals surface area contributed by atoms with Crippen LogP contribution in [0.4, 0.5) is 5.82 Å². The van der Waals surface area contributed by atoms with Gasteiger partial charge in [-0.2, -0.15) is 5.10 Å². The number of hydrogen-bond acceptors (Lipinski definition) is 6. The largest absolute Gasteiger partial charge is 0.497 e. The van der Waals surface area contributed by atoms with E-state index in [9.17, 15) is 0 Å². The van der Waals surface area contributed by atoms with E-state index in [1.807, 2.05) is 77.6 Å². The van der Waals surface area contributed by atoms with Crippen molar-refractivity contribution in [2.75, 3.05) is 12.4 Å². The lowest BCUT2D eigenvalue weighted by molar-refractivity contribution is 0.414. The minimum absolute atomic E-state index is 0.538. The van der Waals surface area contributed by atoms with E-state index in [1.165, 1.54) is 0 Å². The number of methoxy groups -OCH3 is 1. The Morgan fingerprint density at radius 3 is 2.61 bits per heavy atom. The van der Waals surface area contributed by atoms with Crippen LogP contribution in [0.15, 0.2) is 85.3 Å². The van der Waals surface area contributed by atoms with Crippen molar-refractivity contribution in [2.24, 2.45) is 0 Å². The van der Waals surface area contributed by atoms with E-state index in [2.05, 4.69) is 15.4 Å². The molecule has 0 aliphatic heterocycles. The molecule has 0 saturated heterocycles. The number of ether oxygens (including phenoxy) is 1. The smallest absolute Gasteiger partial charge is 0.163 e. The number of anilines is 1. The fraction of sp³-hybridized carbons (Fsp3) is 0.0833. The molecule has 0 spiro atoms. The molecule has 5 rings (SSSR count). The Morgan fingerprint density at radius 2 is 1.81 bits per heavy atom. The zero-order valence-electron chi connectivity index (χ0n) is 16.9. The highest BCUT2D eigenvalue weighted by Gasteiger charge is 2.10. The topological polar surface area (TPSA) is 77.8 Å². The molecule has 5 aromatic rings. The lowest BCUT2D eigenvalue weighted by Gasteiger charge is -2.10. The minimum atomic E-state index is 0.538. The number of para-hydroxylation sites is 1. The number of benzene rings is 2. The van der Waals surface area contributed by atoms with Gasteiger partial charge in [-0.3, -0.25) is 4.98 Å². The number of nitrogens with zero attached hydrogens (tertiary/aromatic N) is 5. The van der Waals surface area contributed by atoms with Gasteiger partial charge in [0.25, 0.3) is 0 Å². The van der Waals surface area contributed by atoms with Gasteiger partial charge in [0.2, 0.25) is 0 Å². The molecule has 1 N–H and O–H groups in total. The zero-order valence-corrected chi connectivity index (χ0v) is 16.9. The van der Waals surface area contributed by atoms with E-state index >= 15 is 0 Å². The zero-order chi connectivity index (χ0) is 21.0. The average Bonchev–Trinajstić information content (AvgIpc) is 3.32. The molecule has 0 fully saturated rings. The second-order valence-corrected chi connectivity index (χ2v) is 6.96. The lowest BCUT2D eigenvalue weighted by atomic mass is 10.2. The SMILES string of the molecule is COc1ccc(-n2ccc(CNc3nc(-c4cccnc4)nc4ccccc34)n2)cc1. The lowest BCUT2D eigenvalue weighted by Crippen LogP contribution is -2.05. The summed E-state index contributed by atoms with van der Waals surface area (Å²) in [6.07, 6.45) is 5.45. The van der Waals surface area contributed by atoms with Crippen LogP contribution in [0.3, 0.4) is 0 Å². The van der Waals surface area contributed by atoms with Gasteiger partial charge < -0.3 is 10.1 Å². The molecule has 0 atom stereocenters. The maximum absolute atomic E-state index is 5.22. The van der Waals surface area contributed by atoms with Crippen molar-refractivity contribution in [1.29, 1.82) is 0 Å². The quantitative estimate of drug-likeness (QED) is 0.446. The predicted molar refractivity (Wildman–Crippen MR) is 120 cm³/mol. The third kappa shape index (κ3) is 3.93. The van der Waals surface area contributed by atoms with Gasteiger partial charge in [-0.05, 0) is 54.6 Å². The summed E-state index contributed by atoms with van der Waals surface area (Å²) in [6, 6.07) is 21.6. The standard InChI is InChI=1S/C24H20N6O/c1-31-20-10-8-19(9-11-20)30-14-12-18(29-30)16-26-24-21-6-2-3-7-22(21)27-23(28-24)17-5-4-13-25-15-17/h2-15H,16H2,1H3,(H,26,27,28). The van der Waals surface area contributed by atoms with Gasteiger partial charge in [0, 0.05) is 29.5 Å². The maximum Gasteiger partial charge on any atom is 0.163 e. The highest BCUT2D eigenvalue weighted by atomic mass is 16.5. The molecular formula is C24H20N6O. The number of pyridine rings is 1. The number of hydrogen-bond donors (Lipinski definition) is 1. The Labute approximate surface area is 179 Å². The highest BCUT2D eigenvalue weighted by molar-refractivity contribution is 5.90. The van der Waals surface area contributed by atoms with Crippen LogP contribution in [0.1, 0.15) is 5.69 Å². The fourth-order valence-electron chi connectivity index (χ4n) is 3.34. The first kappa shape index (κ1) is 18.7. The van der Waals surface area contributed by atoms with E-state index in [1.54, 1.807) is 19.5 Å². The van der Waals surface area contributed by atoms with Crippen molar-refractivity contribution in [3.8, 4) is 22.8 Å². The number of aromatic nitrogens is 5. The van der Waals surface area contributed by atoms with Crippen LogP contribution in [-0.2, 0) is 6.54 Å². The molecule has 0 aliphatic carbocycles. The number of nitrogens with one attached hydrogen (secondary N) is 1. The van der Waals surface area contributed by atoms with Crippen molar-refractivity contribution >= 4 is 16.7 Å². The Morgan fingerprint density at radius 1 is 0.935 bits per heavy atom. The number of fused-ring (bicyclic) bond motifs is 1. The molecule has 2 aromatic carbocycles. The van der Waals surface area contributed by atoms with Gasteiger partial charge in [0.1, 0.15) is 11.6 Å². The molecule has 0 radical (unpaired) electrons. The van der Waals surface area contributed by atoms with E-state index < -0.39 is 0 Å². The maximum atomic E-state index is 5.22. The Hall–Kier alpha value is -4.26. The van der Waals surface area contributed by atoms with Crippen LogP contribution < -0.4 is 10.1 Å². The molecule has 152 valence electrons. The molecule has 0 aliphatic rings. The summed E-state index contributed by atoms with van der Waals surface area (Å²) in [6.45, 7) is 0.538. The van der Waals surface area contributed by atoms with Crippen molar-refractivity contribution in [3.05, 3.63) is 91.0 Å². The van der Waals surface area contributed by atoms with Crippen LogP contribution in [0.25, 0.3) is 28.0 Å². The predicted octanol–water partition coefficient (Wildman–Crippen LogP) is 4.50. The third-order valence-corrected chi connectivity index (χ3v) is 4.94. The van der Waals surface area contributed by atoms with Gasteiger partial charge in [-0.1, -0.05) is 12.1 Å². The van der Waals surface area contributed by atoms with E-state index in [0.717, 1.165) is 39.4 Å². The monoisotopic (exact) mass is 408 g/mol. The summed E-state index contributed by atoms with van der Waals surface area (Å²) >= 11 is 0. The first-order chi connectivity index (χ1) is 15.3. The molecule has 0 unspecified atom stereocenters. The first-order valence-electron chi connectivity index (χ1n) is 9.90. The van der Waals surface area contributed by atoms with Crippen LogP contribution in [0.5, 0.6) is 5.75 Å². The average molecular weight is 408 g/mol. The van der Waals surface area contributed by atoms with Crippen LogP contribution >= 0.6 is 0 Å². The highest BCUT2D eigenvalue weighted by Crippen LogP contribution is 2.25. The minimum Gasteiger partial charge on any atom is -0.497 e. The Bertz CT molecular complexity index is 1320. The summed E-state index contributed by atoms with van der Waals surface area (Å²) in [5.74, 6) is 2.22. The summed E-state index contributed by atoms with van der Waals surface area (Å²) in [5, 5.41) is 9.06. The van der Waals surface area contributed by atoms with Gasteiger partial charge >= 0.3 is 0 Å². The van der Waals surface area contributed by atoms with E-state index in [4.69, 9.17) is 14.7 Å². The van der Waals surface area contributed by atoms with Gasteiger partial charge in [0.15, 0.2) is 5.82 Å². The Kier molecular flexibility index (Phi) is 4.98. The molecular weight excluding hydrogens is 388 g/mol. The van der Waals surface area contributed by atoms with Crippen molar-refractivity contribution < 1.29 is 4.74 Å². The Balaban J connectivity index is 1.41. The molecule has 31 heavy (non-hydrogen) atoms. The van der Waals surface area contributed by atoms with Gasteiger partial charge in [-0.25, -0.2) is 14.6 Å². The van der Waals surface area contributed by atoms with E-state index in [0.29, 0.717) is 12.4 Å². The summed E-state index contributed by atoms with van der Waals surface area (Å²) in [7, 11) is 1.66. The molecule has 7 heteroatoms. The van der Waals surface area contributed by atoms with Crippen LogP contribution in [0.2, 0.25) is 0 Å². The normalized spacial score (nSPS) is 10.9. The molecule has 0 amide bonds. The molecule has 3 heterocycles. The van der Waals surface area contributed by atoms with Crippen molar-refractivity contribution in [3.63, 3.8) is 0 Å². The molecule has 0 bridgehead atoms. The summed E-state index contributed by atoms with van der Waals surface area (Å²) in [4.78, 5) is 13.6. The molecule has 7 nitrogen and oxygen atoms in total. The summed E-state index contributed by atoms with van der Waals surface area (Å²) in [5.41, 5.74) is 3.63. The fourth-order valence-corrected chi connectivity index (χ4v) is 3.34. The van der Waals surface area contributed by atoms with Gasteiger partial charge in [0.05, 0.1) is 30.6 Å². The summed E-state index contributed by atoms with van der Waals surface area (Å²) < 4.78 is 7.06. The van der Waals surface area contributed by atoms with Gasteiger partial charge in [-0.15, -0.1) is 0 Å². The second-order valence-electron chi connectivity index (χ2n) is 6.96. The van der Waals surface area contributed by atoms with Crippen molar-refractivity contribution in [1.82, 2.24) is 24.7 Å². The third-order valence-electron chi connectivity index (χ3n) is 4.94.